The molecule has 0 radical (unpaired) electrons. The Morgan fingerprint density at radius 2 is 2.19 bits per heavy atom. The molecule has 1 saturated heterocycles. The number of aliphatic hydroxyl groups is 1. The summed E-state index contributed by atoms with van der Waals surface area (Å²) in [5, 5.41) is 20.5. The molecule has 1 aromatic carbocycles. The Balaban J connectivity index is 1.84. The first-order valence-corrected chi connectivity index (χ1v) is 7.38. The van der Waals surface area contributed by atoms with Crippen LogP contribution in [0.25, 0.3) is 0 Å². The number of carbonyl (C=O) groups is 1. The highest BCUT2D eigenvalue weighted by Gasteiger charge is 2.25. The van der Waals surface area contributed by atoms with Crippen molar-refractivity contribution >= 4 is 11.6 Å². The van der Waals surface area contributed by atoms with Crippen molar-refractivity contribution in [2.24, 2.45) is 0 Å². The van der Waals surface area contributed by atoms with Crippen molar-refractivity contribution in [3.8, 4) is 6.07 Å². The van der Waals surface area contributed by atoms with E-state index >= 15 is 0 Å². The molecule has 1 aliphatic heterocycles. The van der Waals surface area contributed by atoms with Gasteiger partial charge < -0.3 is 10.4 Å². The molecule has 0 saturated carbocycles. The van der Waals surface area contributed by atoms with Gasteiger partial charge >= 0.3 is 0 Å². The zero-order valence-corrected chi connectivity index (χ0v) is 12.1. The first kappa shape index (κ1) is 15.5. The smallest absolute Gasteiger partial charge is 0.238 e. The summed E-state index contributed by atoms with van der Waals surface area (Å²) < 4.78 is 0. The van der Waals surface area contributed by atoms with E-state index in [2.05, 4.69) is 16.3 Å². The molecule has 1 fully saturated rings. The standard InChI is InChI=1S/C16H21N3O2/c17-11-13-5-7-14(8-6-13)18-16(21)12-19-9-1-3-15(19)4-2-10-20/h5-8,15,20H,1-4,9-10,12H2,(H,18,21). The summed E-state index contributed by atoms with van der Waals surface area (Å²) in [7, 11) is 0. The number of carbonyl (C=O) groups excluding carboxylic acids is 1. The highest BCUT2D eigenvalue weighted by molar-refractivity contribution is 5.92. The highest BCUT2D eigenvalue weighted by atomic mass is 16.3. The predicted octanol–water partition coefficient (Wildman–Crippen LogP) is 1.73. The van der Waals surface area contributed by atoms with Crippen molar-refractivity contribution < 1.29 is 9.90 Å². The van der Waals surface area contributed by atoms with E-state index in [1.165, 1.54) is 0 Å². The van der Waals surface area contributed by atoms with Crippen LogP contribution in [0.2, 0.25) is 0 Å². The second kappa shape index (κ2) is 7.77. The number of hydrogen-bond acceptors (Lipinski definition) is 4. The molecule has 2 N–H and O–H groups in total. The summed E-state index contributed by atoms with van der Waals surface area (Å²) in [4.78, 5) is 14.3. The van der Waals surface area contributed by atoms with Crippen LogP contribution < -0.4 is 5.32 Å². The fourth-order valence-electron chi connectivity index (χ4n) is 2.77. The summed E-state index contributed by atoms with van der Waals surface area (Å²) in [6.45, 7) is 1.54. The molecule has 5 heteroatoms. The van der Waals surface area contributed by atoms with Crippen LogP contribution in [0.15, 0.2) is 24.3 Å². The van der Waals surface area contributed by atoms with Crippen LogP contribution in [0.4, 0.5) is 5.69 Å². The van der Waals surface area contributed by atoms with Gasteiger partial charge in [0.05, 0.1) is 18.2 Å². The molecule has 1 aromatic rings. The number of hydrogen-bond donors (Lipinski definition) is 2. The number of nitrogens with zero attached hydrogens (tertiary/aromatic N) is 2. The lowest BCUT2D eigenvalue weighted by Gasteiger charge is -2.23. The van der Waals surface area contributed by atoms with Crippen molar-refractivity contribution in [1.29, 1.82) is 5.26 Å². The van der Waals surface area contributed by atoms with Gasteiger partial charge in [0.15, 0.2) is 0 Å². The van der Waals surface area contributed by atoms with Crippen molar-refractivity contribution in [2.45, 2.75) is 31.7 Å². The van der Waals surface area contributed by atoms with E-state index < -0.39 is 0 Å². The molecule has 21 heavy (non-hydrogen) atoms. The first-order chi connectivity index (χ1) is 10.2. The summed E-state index contributed by atoms with van der Waals surface area (Å²) in [5.74, 6) is -0.0318. The fourth-order valence-corrected chi connectivity index (χ4v) is 2.77. The van der Waals surface area contributed by atoms with Gasteiger partial charge in [-0.2, -0.15) is 5.26 Å². The molecule has 1 heterocycles. The van der Waals surface area contributed by atoms with Gasteiger partial charge in [-0.05, 0) is 56.5 Å². The number of likely N-dealkylation sites (tertiary alicyclic amines) is 1. The number of amides is 1. The molecule has 0 aliphatic carbocycles. The van der Waals surface area contributed by atoms with Crippen molar-refractivity contribution in [2.75, 3.05) is 25.0 Å². The maximum absolute atomic E-state index is 12.1. The third-order valence-electron chi connectivity index (χ3n) is 3.84. The van der Waals surface area contributed by atoms with E-state index in [4.69, 9.17) is 10.4 Å². The molecule has 0 spiro atoms. The third kappa shape index (κ3) is 4.55. The van der Waals surface area contributed by atoms with Crippen LogP contribution in [-0.4, -0.2) is 41.7 Å². The van der Waals surface area contributed by atoms with Gasteiger partial charge in [0.25, 0.3) is 0 Å². The zero-order valence-electron chi connectivity index (χ0n) is 12.1. The lowest BCUT2D eigenvalue weighted by molar-refractivity contribution is -0.117. The summed E-state index contributed by atoms with van der Waals surface area (Å²) >= 11 is 0. The molecule has 1 atom stereocenters. The van der Waals surface area contributed by atoms with Gasteiger partial charge in [-0.1, -0.05) is 0 Å². The van der Waals surface area contributed by atoms with Gasteiger partial charge in [0.2, 0.25) is 5.91 Å². The number of nitriles is 1. The topological polar surface area (TPSA) is 76.4 Å². The second-order valence-electron chi connectivity index (χ2n) is 5.37. The van der Waals surface area contributed by atoms with Crippen LogP contribution >= 0.6 is 0 Å². The Labute approximate surface area is 125 Å². The molecule has 1 unspecified atom stereocenters. The SMILES string of the molecule is N#Cc1ccc(NC(=O)CN2CCCC2CCCO)cc1. The molecular formula is C16H21N3O2. The molecule has 112 valence electrons. The zero-order chi connectivity index (χ0) is 15.1. The minimum Gasteiger partial charge on any atom is -0.396 e. The minimum absolute atomic E-state index is 0.0318. The molecule has 5 nitrogen and oxygen atoms in total. The van der Waals surface area contributed by atoms with E-state index in [9.17, 15) is 4.79 Å². The average Bonchev–Trinajstić information content (AvgIpc) is 2.93. The van der Waals surface area contributed by atoms with Gasteiger partial charge in [-0.3, -0.25) is 9.69 Å². The van der Waals surface area contributed by atoms with E-state index in [1.807, 2.05) is 0 Å². The Kier molecular flexibility index (Phi) is 5.73. The predicted molar refractivity (Wildman–Crippen MR) is 80.7 cm³/mol. The first-order valence-electron chi connectivity index (χ1n) is 7.38. The van der Waals surface area contributed by atoms with Crippen LogP contribution in [-0.2, 0) is 4.79 Å². The Morgan fingerprint density at radius 1 is 1.43 bits per heavy atom. The average molecular weight is 287 g/mol. The Bertz CT molecular complexity index is 507. The van der Waals surface area contributed by atoms with Crippen molar-refractivity contribution in [1.82, 2.24) is 4.90 Å². The van der Waals surface area contributed by atoms with Crippen LogP contribution in [0.1, 0.15) is 31.2 Å². The van der Waals surface area contributed by atoms with Gasteiger partial charge in [0.1, 0.15) is 0 Å². The second-order valence-corrected chi connectivity index (χ2v) is 5.37. The molecule has 1 amide bonds. The minimum atomic E-state index is -0.0318. The summed E-state index contributed by atoms with van der Waals surface area (Å²) in [5.41, 5.74) is 1.29. The number of nitrogens with one attached hydrogen (secondary N) is 1. The van der Waals surface area contributed by atoms with Gasteiger partial charge in [-0.25, -0.2) is 0 Å². The van der Waals surface area contributed by atoms with Crippen molar-refractivity contribution in [3.63, 3.8) is 0 Å². The number of aliphatic hydroxyl groups excluding tert-OH is 1. The monoisotopic (exact) mass is 287 g/mol. The largest absolute Gasteiger partial charge is 0.396 e. The van der Waals surface area contributed by atoms with E-state index in [1.54, 1.807) is 24.3 Å². The Hall–Kier alpha value is -1.90. The molecule has 2 rings (SSSR count). The van der Waals surface area contributed by atoms with Gasteiger partial charge in [0, 0.05) is 18.3 Å². The normalized spacial score (nSPS) is 18.4. The lowest BCUT2D eigenvalue weighted by atomic mass is 10.1. The third-order valence-corrected chi connectivity index (χ3v) is 3.84. The van der Waals surface area contributed by atoms with Gasteiger partial charge in [-0.15, -0.1) is 0 Å². The Morgan fingerprint density at radius 3 is 2.86 bits per heavy atom. The van der Waals surface area contributed by atoms with Crippen LogP contribution in [0, 0.1) is 11.3 Å². The van der Waals surface area contributed by atoms with Crippen LogP contribution in [0.3, 0.4) is 0 Å². The van der Waals surface area contributed by atoms with Crippen LogP contribution in [0.5, 0.6) is 0 Å². The quantitative estimate of drug-likeness (QED) is 0.835. The maximum atomic E-state index is 12.1. The maximum Gasteiger partial charge on any atom is 0.238 e. The molecular weight excluding hydrogens is 266 g/mol. The highest BCUT2D eigenvalue weighted by Crippen LogP contribution is 2.21. The summed E-state index contributed by atoms with van der Waals surface area (Å²) in [6.07, 6.45) is 3.95. The van der Waals surface area contributed by atoms with E-state index in [-0.39, 0.29) is 12.5 Å². The van der Waals surface area contributed by atoms with E-state index in [0.29, 0.717) is 23.8 Å². The van der Waals surface area contributed by atoms with Crippen molar-refractivity contribution in [3.05, 3.63) is 29.8 Å². The number of rotatable bonds is 6. The number of benzene rings is 1. The molecule has 0 aromatic heterocycles. The molecule has 1 aliphatic rings. The lowest BCUT2D eigenvalue weighted by Crippen LogP contribution is -2.36. The fraction of sp³-hybridized carbons (Fsp3) is 0.500. The molecule has 0 bridgehead atoms. The van der Waals surface area contributed by atoms with E-state index in [0.717, 1.165) is 32.2 Å². The summed E-state index contributed by atoms with van der Waals surface area (Å²) in [6, 6.07) is 9.32. The number of anilines is 1.